The molecule has 0 aromatic rings. The van der Waals surface area contributed by atoms with Crippen LogP contribution in [0, 0.1) is 0 Å². The number of piperidine rings is 1. The maximum Gasteiger partial charge on any atom is 0.236 e. The van der Waals surface area contributed by atoms with Crippen molar-refractivity contribution in [2.75, 3.05) is 40.8 Å². The van der Waals surface area contributed by atoms with Gasteiger partial charge in [0.05, 0.1) is 12.6 Å². The van der Waals surface area contributed by atoms with Crippen molar-refractivity contribution in [2.24, 2.45) is 5.73 Å². The lowest BCUT2D eigenvalue weighted by molar-refractivity contribution is -0.131. The van der Waals surface area contributed by atoms with E-state index in [0.717, 1.165) is 19.4 Å². The second-order valence-corrected chi connectivity index (χ2v) is 4.53. The van der Waals surface area contributed by atoms with Crippen LogP contribution in [0.2, 0.25) is 0 Å². The van der Waals surface area contributed by atoms with Gasteiger partial charge in [0, 0.05) is 40.3 Å². The molecule has 2 unspecified atom stereocenters. The molecular weight excluding hydrogens is 206 g/mol. The summed E-state index contributed by atoms with van der Waals surface area (Å²) in [4.78, 5) is 15.4. The summed E-state index contributed by atoms with van der Waals surface area (Å²) in [7, 11) is 5.29. The van der Waals surface area contributed by atoms with Gasteiger partial charge in [0.2, 0.25) is 5.91 Å². The number of amides is 1. The van der Waals surface area contributed by atoms with E-state index in [4.69, 9.17) is 10.5 Å². The number of likely N-dealkylation sites (N-methyl/N-ethyl adjacent to an activating group) is 1. The van der Waals surface area contributed by atoms with Crippen molar-refractivity contribution in [1.29, 1.82) is 0 Å². The third-order valence-corrected chi connectivity index (χ3v) is 3.23. The largest absolute Gasteiger partial charge is 0.381 e. The Balaban J connectivity index is 2.50. The van der Waals surface area contributed by atoms with E-state index < -0.39 is 0 Å². The molecule has 0 bridgehead atoms. The third kappa shape index (κ3) is 3.43. The van der Waals surface area contributed by atoms with Gasteiger partial charge in [-0.15, -0.1) is 0 Å². The molecule has 0 aromatic carbocycles. The number of rotatable bonds is 4. The average Bonchev–Trinajstić information content (AvgIpc) is 2.29. The Morgan fingerprint density at radius 1 is 1.56 bits per heavy atom. The predicted molar refractivity (Wildman–Crippen MR) is 63.1 cm³/mol. The number of carbonyl (C=O) groups is 1. The van der Waals surface area contributed by atoms with Crippen LogP contribution in [-0.2, 0) is 9.53 Å². The molecule has 1 aliphatic rings. The fourth-order valence-electron chi connectivity index (χ4n) is 2.05. The Hall–Kier alpha value is -0.650. The molecule has 5 heteroatoms. The van der Waals surface area contributed by atoms with Crippen molar-refractivity contribution < 1.29 is 9.53 Å². The third-order valence-electron chi connectivity index (χ3n) is 3.23. The van der Waals surface area contributed by atoms with Gasteiger partial charge in [-0.1, -0.05) is 0 Å². The zero-order chi connectivity index (χ0) is 12.1. The van der Waals surface area contributed by atoms with Gasteiger partial charge >= 0.3 is 0 Å². The van der Waals surface area contributed by atoms with Crippen molar-refractivity contribution in [3.05, 3.63) is 0 Å². The second-order valence-electron chi connectivity index (χ2n) is 4.53. The number of likely N-dealkylation sites (tertiary alicyclic amines) is 1. The molecule has 16 heavy (non-hydrogen) atoms. The summed E-state index contributed by atoms with van der Waals surface area (Å²) in [6.07, 6.45) is 2.20. The number of nitrogens with two attached hydrogens (primary N) is 1. The van der Waals surface area contributed by atoms with Crippen LogP contribution in [0.1, 0.15) is 12.8 Å². The van der Waals surface area contributed by atoms with Crippen LogP contribution in [0.5, 0.6) is 0 Å². The molecule has 5 nitrogen and oxygen atoms in total. The molecule has 1 heterocycles. The lowest BCUT2D eigenvalue weighted by Gasteiger charge is -2.38. The summed E-state index contributed by atoms with van der Waals surface area (Å²) in [5.74, 6) is 0.134. The summed E-state index contributed by atoms with van der Waals surface area (Å²) >= 11 is 0. The van der Waals surface area contributed by atoms with Crippen LogP contribution in [-0.4, -0.2) is 68.7 Å². The maximum atomic E-state index is 11.6. The zero-order valence-electron chi connectivity index (χ0n) is 10.5. The van der Waals surface area contributed by atoms with Crippen LogP contribution in [0.15, 0.2) is 0 Å². The molecule has 0 spiro atoms. The first-order valence-corrected chi connectivity index (χ1v) is 5.75. The van der Waals surface area contributed by atoms with Crippen LogP contribution in [0.3, 0.4) is 0 Å². The minimum Gasteiger partial charge on any atom is -0.381 e. The normalized spacial score (nSPS) is 26.8. The maximum absolute atomic E-state index is 11.6. The Kier molecular flexibility index (Phi) is 5.18. The molecule has 0 aliphatic carbocycles. The summed E-state index contributed by atoms with van der Waals surface area (Å²) < 4.78 is 5.35. The van der Waals surface area contributed by atoms with Crippen molar-refractivity contribution in [1.82, 2.24) is 9.80 Å². The molecular formula is C11H23N3O2. The van der Waals surface area contributed by atoms with E-state index in [1.54, 1.807) is 26.1 Å². The van der Waals surface area contributed by atoms with E-state index in [-0.39, 0.29) is 11.9 Å². The summed E-state index contributed by atoms with van der Waals surface area (Å²) in [5.41, 5.74) is 5.74. The lowest BCUT2D eigenvalue weighted by atomic mass is 9.99. The molecule has 2 N–H and O–H groups in total. The Bertz CT molecular complexity index is 233. The lowest BCUT2D eigenvalue weighted by Crippen LogP contribution is -2.51. The number of ether oxygens (including phenoxy) is 1. The minimum atomic E-state index is 0.134. The number of methoxy groups -OCH3 is 1. The summed E-state index contributed by atoms with van der Waals surface area (Å²) in [6, 6.07) is 0.266. The smallest absolute Gasteiger partial charge is 0.236 e. The Morgan fingerprint density at radius 2 is 2.25 bits per heavy atom. The van der Waals surface area contributed by atoms with Crippen molar-refractivity contribution in [2.45, 2.75) is 25.0 Å². The first-order chi connectivity index (χ1) is 7.58. The van der Waals surface area contributed by atoms with Gasteiger partial charge in [-0.05, 0) is 12.8 Å². The SMILES string of the molecule is COC1CCN(CC(=O)N(C)C)C(CN)C1. The molecule has 0 radical (unpaired) electrons. The molecule has 0 aromatic heterocycles. The van der Waals surface area contributed by atoms with E-state index >= 15 is 0 Å². The van der Waals surface area contributed by atoms with Gasteiger partial charge in [0.1, 0.15) is 0 Å². The van der Waals surface area contributed by atoms with E-state index in [1.165, 1.54) is 0 Å². The highest BCUT2D eigenvalue weighted by atomic mass is 16.5. The van der Waals surface area contributed by atoms with E-state index in [1.807, 2.05) is 0 Å². The van der Waals surface area contributed by atoms with Gasteiger partial charge in [-0.3, -0.25) is 9.69 Å². The second kappa shape index (κ2) is 6.18. The molecule has 1 aliphatic heterocycles. The standard InChI is InChI=1S/C11H23N3O2/c1-13(2)11(15)8-14-5-4-10(16-3)6-9(14)7-12/h9-10H,4-8,12H2,1-3H3. The number of nitrogens with zero attached hydrogens (tertiary/aromatic N) is 2. The van der Waals surface area contributed by atoms with E-state index in [9.17, 15) is 4.79 Å². The van der Waals surface area contributed by atoms with Crippen LogP contribution in [0.25, 0.3) is 0 Å². The number of carbonyl (C=O) groups excluding carboxylic acids is 1. The van der Waals surface area contributed by atoms with Gasteiger partial charge in [0.25, 0.3) is 0 Å². The van der Waals surface area contributed by atoms with Crippen LogP contribution >= 0.6 is 0 Å². The zero-order valence-corrected chi connectivity index (χ0v) is 10.5. The van der Waals surface area contributed by atoms with Gasteiger partial charge < -0.3 is 15.4 Å². The molecule has 1 fully saturated rings. The fourth-order valence-corrected chi connectivity index (χ4v) is 2.05. The van der Waals surface area contributed by atoms with Crippen molar-refractivity contribution in [3.8, 4) is 0 Å². The highest BCUT2D eigenvalue weighted by Crippen LogP contribution is 2.18. The summed E-state index contributed by atoms with van der Waals surface area (Å²) in [6.45, 7) is 1.94. The first-order valence-electron chi connectivity index (χ1n) is 5.75. The fraction of sp³-hybridized carbons (Fsp3) is 0.909. The number of hydrogen-bond donors (Lipinski definition) is 1. The van der Waals surface area contributed by atoms with Crippen LogP contribution < -0.4 is 5.73 Å². The monoisotopic (exact) mass is 229 g/mol. The molecule has 2 atom stereocenters. The highest BCUT2D eigenvalue weighted by molar-refractivity contribution is 5.77. The quantitative estimate of drug-likeness (QED) is 0.707. The van der Waals surface area contributed by atoms with Crippen LogP contribution in [0.4, 0.5) is 0 Å². The van der Waals surface area contributed by atoms with Gasteiger partial charge in [-0.25, -0.2) is 0 Å². The molecule has 1 saturated heterocycles. The predicted octanol–water partition coefficient (Wildman–Crippen LogP) is -0.487. The van der Waals surface area contributed by atoms with Gasteiger partial charge in [0.15, 0.2) is 0 Å². The van der Waals surface area contributed by atoms with Crippen molar-refractivity contribution in [3.63, 3.8) is 0 Å². The van der Waals surface area contributed by atoms with Gasteiger partial charge in [-0.2, -0.15) is 0 Å². The minimum absolute atomic E-state index is 0.134. The molecule has 1 amide bonds. The summed E-state index contributed by atoms with van der Waals surface area (Å²) in [5, 5.41) is 0. The molecule has 94 valence electrons. The average molecular weight is 229 g/mol. The Morgan fingerprint density at radius 3 is 2.75 bits per heavy atom. The number of hydrogen-bond acceptors (Lipinski definition) is 4. The van der Waals surface area contributed by atoms with E-state index in [2.05, 4.69) is 4.90 Å². The topological polar surface area (TPSA) is 58.8 Å². The first kappa shape index (κ1) is 13.4. The molecule has 1 rings (SSSR count). The van der Waals surface area contributed by atoms with E-state index in [0.29, 0.717) is 19.2 Å². The highest BCUT2D eigenvalue weighted by Gasteiger charge is 2.28. The van der Waals surface area contributed by atoms with Crippen molar-refractivity contribution >= 4 is 5.91 Å². The Labute approximate surface area is 97.5 Å². The molecule has 0 saturated carbocycles.